The number of aromatic nitrogens is 1. The molecule has 2 aliphatic heterocycles. The maximum atomic E-state index is 5.86. The summed E-state index contributed by atoms with van der Waals surface area (Å²) in [6.45, 7) is 5.30. The van der Waals surface area contributed by atoms with Crippen molar-refractivity contribution in [3.8, 4) is 0 Å². The van der Waals surface area contributed by atoms with Crippen molar-refractivity contribution >= 4 is 0 Å². The average molecular weight is 247 g/mol. The van der Waals surface area contributed by atoms with Crippen LogP contribution in [0.3, 0.4) is 0 Å². The van der Waals surface area contributed by atoms with E-state index in [-0.39, 0.29) is 0 Å². The Bertz CT molecular complexity index is 384. The molecule has 0 radical (unpaired) electrons. The van der Waals surface area contributed by atoms with Gasteiger partial charge in [0.1, 0.15) is 0 Å². The predicted octanol–water partition coefficient (Wildman–Crippen LogP) is 0.639. The fourth-order valence-electron chi connectivity index (χ4n) is 2.95. The number of nitrogens with zero attached hydrogens (tertiary/aromatic N) is 3. The summed E-state index contributed by atoms with van der Waals surface area (Å²) in [5, 5.41) is 0. The second kappa shape index (κ2) is 5.34. The first-order valence-corrected chi connectivity index (χ1v) is 6.76. The molecular weight excluding hydrogens is 226 g/mol. The van der Waals surface area contributed by atoms with E-state index in [1.54, 1.807) is 0 Å². The number of pyridine rings is 1. The van der Waals surface area contributed by atoms with Crippen LogP contribution in [-0.2, 0) is 11.2 Å². The quantitative estimate of drug-likeness (QED) is 0.784. The van der Waals surface area contributed by atoms with Crippen LogP contribution in [0.15, 0.2) is 24.5 Å². The highest BCUT2D eigenvalue weighted by Gasteiger charge is 2.38. The summed E-state index contributed by atoms with van der Waals surface area (Å²) in [7, 11) is 2.21. The van der Waals surface area contributed by atoms with Gasteiger partial charge in [-0.05, 0) is 31.2 Å². The Morgan fingerprint density at radius 2 is 2.17 bits per heavy atom. The van der Waals surface area contributed by atoms with Gasteiger partial charge in [0.15, 0.2) is 0 Å². The third-order valence-electron chi connectivity index (χ3n) is 4.12. The van der Waals surface area contributed by atoms with Gasteiger partial charge in [0, 0.05) is 44.6 Å². The molecule has 1 aromatic rings. The van der Waals surface area contributed by atoms with Crippen LogP contribution in [0.2, 0.25) is 0 Å². The molecule has 0 unspecified atom stereocenters. The second-order valence-corrected chi connectivity index (χ2v) is 5.32. The van der Waals surface area contributed by atoms with Crippen LogP contribution in [0.5, 0.6) is 0 Å². The van der Waals surface area contributed by atoms with Crippen LogP contribution in [0, 0.1) is 0 Å². The van der Waals surface area contributed by atoms with Gasteiger partial charge in [0.25, 0.3) is 0 Å². The van der Waals surface area contributed by atoms with Crippen molar-refractivity contribution in [1.82, 2.24) is 14.8 Å². The molecule has 3 heterocycles. The average Bonchev–Trinajstić information content (AvgIpc) is 2.82. The summed E-state index contributed by atoms with van der Waals surface area (Å²) in [5.41, 5.74) is 1.37. The molecule has 2 saturated heterocycles. The molecule has 4 nitrogen and oxygen atoms in total. The molecule has 0 saturated carbocycles. The van der Waals surface area contributed by atoms with E-state index in [2.05, 4.69) is 34.0 Å². The molecule has 98 valence electrons. The van der Waals surface area contributed by atoms with Crippen LogP contribution in [0.1, 0.15) is 5.56 Å². The summed E-state index contributed by atoms with van der Waals surface area (Å²) in [6, 6.07) is 4.80. The number of hydrogen-bond donors (Lipinski definition) is 0. The monoisotopic (exact) mass is 247 g/mol. The topological polar surface area (TPSA) is 28.6 Å². The van der Waals surface area contributed by atoms with Gasteiger partial charge < -0.3 is 4.74 Å². The van der Waals surface area contributed by atoms with Gasteiger partial charge in [-0.2, -0.15) is 0 Å². The molecule has 18 heavy (non-hydrogen) atoms. The molecule has 2 atom stereocenters. The van der Waals surface area contributed by atoms with E-state index in [1.807, 2.05) is 12.4 Å². The largest absolute Gasteiger partial charge is 0.374 e. The predicted molar refractivity (Wildman–Crippen MR) is 70.5 cm³/mol. The lowest BCUT2D eigenvalue weighted by molar-refractivity contribution is -0.0369. The first kappa shape index (κ1) is 12.1. The fraction of sp³-hybridized carbons (Fsp3) is 0.643. The van der Waals surface area contributed by atoms with Gasteiger partial charge in [-0.1, -0.05) is 0 Å². The molecule has 1 aromatic heterocycles. The SMILES string of the molecule is CN1CCO[C@@H]2CN(CCc3ccncc3)C[C@@H]21. The summed E-state index contributed by atoms with van der Waals surface area (Å²) < 4.78 is 5.86. The zero-order valence-electron chi connectivity index (χ0n) is 11.0. The van der Waals surface area contributed by atoms with Crippen molar-refractivity contribution in [3.63, 3.8) is 0 Å². The summed E-state index contributed by atoms with van der Waals surface area (Å²) >= 11 is 0. The Hall–Kier alpha value is -0.970. The minimum atomic E-state index is 0.418. The highest BCUT2D eigenvalue weighted by atomic mass is 16.5. The molecule has 0 aliphatic carbocycles. The number of morpholine rings is 1. The third-order valence-corrected chi connectivity index (χ3v) is 4.12. The Kier molecular flexibility index (Phi) is 3.59. The molecule has 2 aliphatic rings. The van der Waals surface area contributed by atoms with E-state index in [0.717, 1.165) is 39.2 Å². The van der Waals surface area contributed by atoms with Crippen molar-refractivity contribution in [2.75, 3.05) is 39.8 Å². The van der Waals surface area contributed by atoms with Crippen LogP contribution < -0.4 is 0 Å². The third kappa shape index (κ3) is 2.55. The minimum Gasteiger partial charge on any atom is -0.374 e. The summed E-state index contributed by atoms with van der Waals surface area (Å²) in [6.07, 6.45) is 5.26. The second-order valence-electron chi connectivity index (χ2n) is 5.32. The highest BCUT2D eigenvalue weighted by molar-refractivity contribution is 5.10. The zero-order chi connectivity index (χ0) is 12.4. The number of hydrogen-bond acceptors (Lipinski definition) is 4. The number of fused-ring (bicyclic) bond motifs is 1. The van der Waals surface area contributed by atoms with Gasteiger partial charge >= 0.3 is 0 Å². The lowest BCUT2D eigenvalue weighted by Gasteiger charge is -2.33. The van der Waals surface area contributed by atoms with E-state index >= 15 is 0 Å². The standard InChI is InChI=1S/C14H21N3O/c1-16-8-9-18-14-11-17(10-13(14)16)7-4-12-2-5-15-6-3-12/h2-3,5-6,13-14H,4,7-11H2,1H3/t13-,14+/m0/s1. The molecule has 0 N–H and O–H groups in total. The van der Waals surface area contributed by atoms with E-state index in [9.17, 15) is 0 Å². The minimum absolute atomic E-state index is 0.418. The Morgan fingerprint density at radius 3 is 2.94 bits per heavy atom. The highest BCUT2D eigenvalue weighted by Crippen LogP contribution is 2.21. The van der Waals surface area contributed by atoms with Gasteiger partial charge in [-0.15, -0.1) is 0 Å². The van der Waals surface area contributed by atoms with Gasteiger partial charge in [-0.3, -0.25) is 14.8 Å². The summed E-state index contributed by atoms with van der Waals surface area (Å²) in [4.78, 5) is 9.02. The summed E-state index contributed by atoms with van der Waals surface area (Å²) in [5.74, 6) is 0. The smallest absolute Gasteiger partial charge is 0.0869 e. The Labute approximate surface area is 109 Å². The van der Waals surface area contributed by atoms with Crippen molar-refractivity contribution in [3.05, 3.63) is 30.1 Å². The molecular formula is C14H21N3O. The molecule has 0 amide bonds. The normalized spacial score (nSPS) is 29.4. The van der Waals surface area contributed by atoms with Crippen molar-refractivity contribution < 1.29 is 4.74 Å². The molecule has 0 aromatic carbocycles. The Balaban J connectivity index is 1.53. The van der Waals surface area contributed by atoms with Crippen LogP contribution in [0.25, 0.3) is 0 Å². The van der Waals surface area contributed by atoms with Crippen LogP contribution in [-0.4, -0.2) is 66.8 Å². The van der Waals surface area contributed by atoms with E-state index < -0.39 is 0 Å². The van der Waals surface area contributed by atoms with Gasteiger partial charge in [-0.25, -0.2) is 0 Å². The van der Waals surface area contributed by atoms with Crippen LogP contribution in [0.4, 0.5) is 0 Å². The molecule has 4 heteroatoms. The Morgan fingerprint density at radius 1 is 1.33 bits per heavy atom. The van der Waals surface area contributed by atoms with E-state index in [0.29, 0.717) is 12.1 Å². The molecule has 0 spiro atoms. The number of rotatable bonds is 3. The first-order chi connectivity index (χ1) is 8.83. The maximum absolute atomic E-state index is 5.86. The van der Waals surface area contributed by atoms with Gasteiger partial charge in [0.2, 0.25) is 0 Å². The lowest BCUT2D eigenvalue weighted by Crippen LogP contribution is -2.48. The molecule has 2 fully saturated rings. The number of likely N-dealkylation sites (tertiary alicyclic amines) is 1. The van der Waals surface area contributed by atoms with Crippen molar-refractivity contribution in [2.45, 2.75) is 18.6 Å². The van der Waals surface area contributed by atoms with Crippen molar-refractivity contribution in [2.24, 2.45) is 0 Å². The molecule has 0 bridgehead atoms. The first-order valence-electron chi connectivity index (χ1n) is 6.76. The lowest BCUT2D eigenvalue weighted by atomic mass is 10.1. The number of likely N-dealkylation sites (N-methyl/N-ethyl adjacent to an activating group) is 1. The molecule has 3 rings (SSSR count). The van der Waals surface area contributed by atoms with E-state index in [1.165, 1.54) is 5.56 Å². The van der Waals surface area contributed by atoms with Gasteiger partial charge in [0.05, 0.1) is 12.7 Å². The zero-order valence-corrected chi connectivity index (χ0v) is 11.0. The van der Waals surface area contributed by atoms with E-state index in [4.69, 9.17) is 4.74 Å². The maximum Gasteiger partial charge on any atom is 0.0869 e. The van der Waals surface area contributed by atoms with Crippen molar-refractivity contribution in [1.29, 1.82) is 0 Å². The van der Waals surface area contributed by atoms with Crippen LogP contribution >= 0.6 is 0 Å². The number of ether oxygens (including phenoxy) is 1. The fourth-order valence-corrected chi connectivity index (χ4v) is 2.95.